The van der Waals surface area contributed by atoms with Crippen molar-refractivity contribution >= 4 is 12.0 Å². The summed E-state index contributed by atoms with van der Waals surface area (Å²) in [7, 11) is 0. The lowest BCUT2D eigenvalue weighted by Gasteiger charge is -1.96. The van der Waals surface area contributed by atoms with Crippen LogP contribution in [-0.4, -0.2) is 21.1 Å². The number of carbonyl (C=O) groups excluding carboxylic acids is 1. The van der Waals surface area contributed by atoms with Crippen LogP contribution < -0.4 is 0 Å². The summed E-state index contributed by atoms with van der Waals surface area (Å²) in [5, 5.41) is 3.71. The molecular formula is C17H12FN3O3. The molecule has 0 aliphatic carbocycles. The summed E-state index contributed by atoms with van der Waals surface area (Å²) in [5.41, 5.74) is 1.23. The fraction of sp³-hybridized carbons (Fsp3) is 0.0588. The molecule has 3 aromatic rings. The summed E-state index contributed by atoms with van der Waals surface area (Å²) in [6.07, 6.45) is 4.44. The Morgan fingerprint density at radius 3 is 2.79 bits per heavy atom. The van der Waals surface area contributed by atoms with Crippen LogP contribution in [0.5, 0.6) is 0 Å². The molecular weight excluding hydrogens is 313 g/mol. The lowest BCUT2D eigenvalue weighted by atomic mass is 10.2. The number of halogens is 1. The Labute approximate surface area is 136 Å². The number of hydrogen-bond donors (Lipinski definition) is 0. The maximum absolute atomic E-state index is 12.9. The zero-order chi connectivity index (χ0) is 16.8. The van der Waals surface area contributed by atoms with Crippen molar-refractivity contribution in [1.29, 1.82) is 0 Å². The van der Waals surface area contributed by atoms with Gasteiger partial charge in [-0.2, -0.15) is 4.98 Å². The zero-order valence-electron chi connectivity index (χ0n) is 12.4. The standard InChI is InChI=1S/C17H12FN3O3/c18-13-6-4-12(5-7-13)17-20-15(21-24-17)11-23-16(22)9-8-14-3-1-2-10-19-14/h1-10H,11H2/b9-8+. The maximum Gasteiger partial charge on any atom is 0.331 e. The Morgan fingerprint density at radius 2 is 2.04 bits per heavy atom. The number of carbonyl (C=O) groups is 1. The summed E-state index contributed by atoms with van der Waals surface area (Å²) in [6, 6.07) is 11.0. The van der Waals surface area contributed by atoms with E-state index in [2.05, 4.69) is 15.1 Å². The normalized spacial score (nSPS) is 10.9. The molecule has 120 valence electrons. The number of rotatable bonds is 5. The molecule has 24 heavy (non-hydrogen) atoms. The quantitative estimate of drug-likeness (QED) is 0.530. The minimum atomic E-state index is -0.547. The van der Waals surface area contributed by atoms with E-state index in [9.17, 15) is 9.18 Å². The molecule has 0 fully saturated rings. The monoisotopic (exact) mass is 325 g/mol. The molecule has 6 nitrogen and oxygen atoms in total. The van der Waals surface area contributed by atoms with E-state index in [1.54, 1.807) is 24.4 Å². The van der Waals surface area contributed by atoms with Gasteiger partial charge in [0.1, 0.15) is 5.82 Å². The van der Waals surface area contributed by atoms with Crippen LogP contribution in [0.1, 0.15) is 11.5 Å². The fourth-order valence-electron chi connectivity index (χ4n) is 1.83. The SMILES string of the molecule is O=C(/C=C/c1ccccn1)OCc1noc(-c2ccc(F)cc2)n1. The number of aromatic nitrogens is 3. The van der Waals surface area contributed by atoms with E-state index in [0.29, 0.717) is 11.3 Å². The van der Waals surface area contributed by atoms with Crippen molar-refractivity contribution in [3.63, 3.8) is 0 Å². The van der Waals surface area contributed by atoms with Crippen LogP contribution in [0.4, 0.5) is 4.39 Å². The van der Waals surface area contributed by atoms with Gasteiger partial charge >= 0.3 is 5.97 Å². The largest absolute Gasteiger partial charge is 0.454 e. The number of benzene rings is 1. The van der Waals surface area contributed by atoms with Crippen LogP contribution in [0.15, 0.2) is 59.3 Å². The summed E-state index contributed by atoms with van der Waals surface area (Å²) >= 11 is 0. The van der Waals surface area contributed by atoms with Gasteiger partial charge in [-0.25, -0.2) is 9.18 Å². The van der Waals surface area contributed by atoms with Crippen molar-refractivity contribution in [2.75, 3.05) is 0 Å². The Hall–Kier alpha value is -3.35. The van der Waals surface area contributed by atoms with E-state index >= 15 is 0 Å². The minimum Gasteiger partial charge on any atom is -0.454 e. The van der Waals surface area contributed by atoms with Crippen LogP contribution in [0.25, 0.3) is 17.5 Å². The van der Waals surface area contributed by atoms with Crippen molar-refractivity contribution < 1.29 is 18.4 Å². The van der Waals surface area contributed by atoms with Crippen molar-refractivity contribution in [2.24, 2.45) is 0 Å². The number of esters is 1. The molecule has 2 heterocycles. The molecule has 0 amide bonds. The second-order valence-corrected chi connectivity index (χ2v) is 4.72. The Bertz CT molecular complexity index is 845. The number of pyridine rings is 1. The van der Waals surface area contributed by atoms with E-state index in [0.717, 1.165) is 0 Å². The lowest BCUT2D eigenvalue weighted by molar-refractivity contribution is -0.139. The van der Waals surface area contributed by atoms with Crippen molar-refractivity contribution in [3.05, 3.63) is 72.1 Å². The van der Waals surface area contributed by atoms with Gasteiger partial charge in [0.2, 0.25) is 5.82 Å². The third-order valence-electron chi connectivity index (χ3n) is 2.98. The fourth-order valence-corrected chi connectivity index (χ4v) is 1.83. The molecule has 1 aromatic carbocycles. The highest BCUT2D eigenvalue weighted by Gasteiger charge is 2.10. The molecule has 2 aromatic heterocycles. The molecule has 0 aliphatic rings. The molecule has 0 radical (unpaired) electrons. The van der Waals surface area contributed by atoms with E-state index in [4.69, 9.17) is 9.26 Å². The number of ether oxygens (including phenoxy) is 1. The molecule has 3 rings (SSSR count). The van der Waals surface area contributed by atoms with Gasteiger partial charge in [-0.05, 0) is 42.5 Å². The van der Waals surface area contributed by atoms with E-state index < -0.39 is 5.97 Å². The Morgan fingerprint density at radius 1 is 1.21 bits per heavy atom. The predicted molar refractivity (Wildman–Crippen MR) is 82.8 cm³/mol. The van der Waals surface area contributed by atoms with Gasteiger partial charge in [0, 0.05) is 17.8 Å². The predicted octanol–water partition coefficient (Wildman–Crippen LogP) is 3.03. The van der Waals surface area contributed by atoms with Gasteiger partial charge < -0.3 is 9.26 Å². The average molecular weight is 325 g/mol. The molecule has 0 unspecified atom stereocenters. The lowest BCUT2D eigenvalue weighted by Crippen LogP contribution is -2.02. The maximum atomic E-state index is 12.9. The minimum absolute atomic E-state index is 0.129. The van der Waals surface area contributed by atoms with E-state index in [-0.39, 0.29) is 24.1 Å². The Balaban J connectivity index is 1.56. The number of nitrogens with zero attached hydrogens (tertiary/aromatic N) is 3. The first kappa shape index (κ1) is 15.5. The van der Waals surface area contributed by atoms with Crippen LogP contribution in [0.3, 0.4) is 0 Å². The van der Waals surface area contributed by atoms with E-state index in [1.807, 2.05) is 6.07 Å². The third-order valence-corrected chi connectivity index (χ3v) is 2.98. The van der Waals surface area contributed by atoms with Gasteiger partial charge in [0.25, 0.3) is 5.89 Å². The van der Waals surface area contributed by atoms with Gasteiger partial charge in [-0.1, -0.05) is 11.2 Å². The summed E-state index contributed by atoms with van der Waals surface area (Å²) in [5.74, 6) is -0.458. The molecule has 0 saturated heterocycles. The average Bonchev–Trinajstić information content (AvgIpc) is 3.09. The van der Waals surface area contributed by atoms with Crippen molar-refractivity contribution in [1.82, 2.24) is 15.1 Å². The number of hydrogen-bond acceptors (Lipinski definition) is 6. The summed E-state index contributed by atoms with van der Waals surface area (Å²) in [4.78, 5) is 19.8. The van der Waals surface area contributed by atoms with Gasteiger partial charge in [-0.3, -0.25) is 4.98 Å². The molecule has 0 atom stereocenters. The molecule has 0 saturated carbocycles. The highest BCUT2D eigenvalue weighted by atomic mass is 19.1. The molecule has 7 heteroatoms. The van der Waals surface area contributed by atoms with Gasteiger partial charge in [0.15, 0.2) is 6.61 Å². The summed E-state index contributed by atoms with van der Waals surface area (Å²) in [6.45, 7) is -0.129. The van der Waals surface area contributed by atoms with Crippen molar-refractivity contribution in [2.45, 2.75) is 6.61 Å². The summed E-state index contributed by atoms with van der Waals surface area (Å²) < 4.78 is 22.9. The topological polar surface area (TPSA) is 78.1 Å². The van der Waals surface area contributed by atoms with Crippen LogP contribution in [0.2, 0.25) is 0 Å². The molecule has 0 spiro atoms. The first-order valence-electron chi connectivity index (χ1n) is 7.05. The van der Waals surface area contributed by atoms with Gasteiger partial charge in [0.05, 0.1) is 5.69 Å². The van der Waals surface area contributed by atoms with Gasteiger partial charge in [-0.15, -0.1) is 0 Å². The highest BCUT2D eigenvalue weighted by Crippen LogP contribution is 2.17. The van der Waals surface area contributed by atoms with Crippen LogP contribution in [-0.2, 0) is 16.1 Å². The highest BCUT2D eigenvalue weighted by molar-refractivity contribution is 5.86. The molecule has 0 aliphatic heterocycles. The van der Waals surface area contributed by atoms with Crippen molar-refractivity contribution in [3.8, 4) is 11.5 Å². The second kappa shape index (κ2) is 7.28. The van der Waals surface area contributed by atoms with Crippen LogP contribution >= 0.6 is 0 Å². The zero-order valence-corrected chi connectivity index (χ0v) is 12.4. The first-order chi connectivity index (χ1) is 11.7. The Kier molecular flexibility index (Phi) is 4.71. The third kappa shape index (κ3) is 4.10. The van der Waals surface area contributed by atoms with E-state index in [1.165, 1.54) is 30.3 Å². The first-order valence-corrected chi connectivity index (χ1v) is 7.05. The smallest absolute Gasteiger partial charge is 0.331 e. The van der Waals surface area contributed by atoms with Crippen LogP contribution in [0, 0.1) is 5.82 Å². The molecule has 0 N–H and O–H groups in total. The second-order valence-electron chi connectivity index (χ2n) is 4.72. The molecule has 0 bridgehead atoms.